The third kappa shape index (κ3) is 5.92. The number of carbonyl (C=O) groups is 1. The van der Waals surface area contributed by atoms with Crippen LogP contribution in [0.2, 0.25) is 5.02 Å². The van der Waals surface area contributed by atoms with E-state index in [1.165, 1.54) is 0 Å². The smallest absolute Gasteiger partial charge is 0.262 e. The number of hydrogen-bond acceptors (Lipinski definition) is 3. The van der Waals surface area contributed by atoms with Gasteiger partial charge in [-0.1, -0.05) is 35.9 Å². The summed E-state index contributed by atoms with van der Waals surface area (Å²) in [7, 11) is 0. The molecule has 0 unspecified atom stereocenters. The van der Waals surface area contributed by atoms with Crippen molar-refractivity contribution in [1.29, 1.82) is 0 Å². The zero-order valence-corrected chi connectivity index (χ0v) is 18.4. The molecule has 3 aromatic carbocycles. The number of aliphatic imine (C=N–C) groups is 1. The fourth-order valence-corrected chi connectivity index (χ4v) is 3.27. The highest BCUT2D eigenvalue weighted by atomic mass is 79.9. The van der Waals surface area contributed by atoms with Gasteiger partial charge in [0, 0.05) is 16.9 Å². The Morgan fingerprint density at radius 2 is 1.90 bits per heavy atom. The fourth-order valence-electron chi connectivity index (χ4n) is 2.58. The number of hydrogen-bond donors (Lipinski definition) is 1. The van der Waals surface area contributed by atoms with E-state index in [1.54, 1.807) is 24.4 Å². The van der Waals surface area contributed by atoms with E-state index in [9.17, 15) is 4.79 Å². The lowest BCUT2D eigenvalue weighted by Crippen LogP contribution is -2.20. The van der Waals surface area contributed by atoms with Crippen LogP contribution in [-0.4, -0.2) is 18.7 Å². The monoisotopic (exact) mass is 470 g/mol. The highest BCUT2D eigenvalue weighted by Crippen LogP contribution is 2.26. The zero-order chi connectivity index (χ0) is 20.8. The van der Waals surface area contributed by atoms with Crippen molar-refractivity contribution in [2.24, 2.45) is 4.99 Å². The van der Waals surface area contributed by atoms with Gasteiger partial charge in [-0.15, -0.1) is 0 Å². The molecule has 3 aromatic rings. The predicted molar refractivity (Wildman–Crippen MR) is 123 cm³/mol. The number of rotatable bonds is 6. The molecule has 29 heavy (non-hydrogen) atoms. The van der Waals surface area contributed by atoms with E-state index in [-0.39, 0.29) is 12.5 Å². The Hall–Kier alpha value is -2.63. The predicted octanol–water partition coefficient (Wildman–Crippen LogP) is 6.49. The largest absolute Gasteiger partial charge is 0.483 e. The van der Waals surface area contributed by atoms with Gasteiger partial charge >= 0.3 is 0 Å². The summed E-state index contributed by atoms with van der Waals surface area (Å²) >= 11 is 9.57. The Morgan fingerprint density at radius 3 is 2.62 bits per heavy atom. The van der Waals surface area contributed by atoms with Gasteiger partial charge in [0.25, 0.3) is 5.91 Å². The molecule has 6 heteroatoms. The maximum absolute atomic E-state index is 12.1. The number of nitrogens with one attached hydrogen (secondary N) is 1. The highest BCUT2D eigenvalue weighted by molar-refractivity contribution is 9.10. The molecule has 0 bridgehead atoms. The molecular weight excluding hydrogens is 452 g/mol. The van der Waals surface area contributed by atoms with Crippen molar-refractivity contribution in [3.63, 3.8) is 0 Å². The Balaban J connectivity index is 1.59. The Kier molecular flexibility index (Phi) is 7.07. The Labute approximate surface area is 183 Å². The molecule has 0 radical (unpaired) electrons. The zero-order valence-electron chi connectivity index (χ0n) is 16.1. The van der Waals surface area contributed by atoms with Crippen LogP contribution in [0.3, 0.4) is 0 Å². The van der Waals surface area contributed by atoms with Crippen LogP contribution in [0.5, 0.6) is 5.75 Å². The second-order valence-corrected chi connectivity index (χ2v) is 7.80. The molecule has 148 valence electrons. The number of ether oxygens (including phenoxy) is 1. The molecule has 0 atom stereocenters. The van der Waals surface area contributed by atoms with Crippen LogP contribution in [0.25, 0.3) is 0 Å². The summed E-state index contributed by atoms with van der Waals surface area (Å²) in [6.45, 7) is 3.82. The molecule has 0 aliphatic rings. The summed E-state index contributed by atoms with van der Waals surface area (Å²) < 4.78 is 6.37. The Bertz CT molecular complexity index is 1070. The second kappa shape index (κ2) is 9.72. The van der Waals surface area contributed by atoms with Crippen molar-refractivity contribution in [1.82, 2.24) is 0 Å². The van der Waals surface area contributed by atoms with Gasteiger partial charge in [0.15, 0.2) is 6.61 Å². The highest BCUT2D eigenvalue weighted by Gasteiger charge is 2.08. The van der Waals surface area contributed by atoms with Crippen molar-refractivity contribution in [2.45, 2.75) is 13.8 Å². The molecule has 0 aromatic heterocycles. The minimum Gasteiger partial charge on any atom is -0.483 e. The molecule has 1 amide bonds. The van der Waals surface area contributed by atoms with Crippen LogP contribution in [-0.2, 0) is 4.79 Å². The van der Waals surface area contributed by atoms with Crippen LogP contribution < -0.4 is 10.1 Å². The number of benzene rings is 3. The van der Waals surface area contributed by atoms with Crippen molar-refractivity contribution >= 4 is 51.0 Å². The van der Waals surface area contributed by atoms with Gasteiger partial charge in [0.05, 0.1) is 10.2 Å². The molecule has 4 nitrogen and oxygen atoms in total. The first-order valence-electron chi connectivity index (χ1n) is 9.00. The fraction of sp³-hybridized carbons (Fsp3) is 0.130. The number of para-hydroxylation sites is 1. The summed E-state index contributed by atoms with van der Waals surface area (Å²) in [5.74, 6) is 0.317. The topological polar surface area (TPSA) is 50.7 Å². The quantitative estimate of drug-likeness (QED) is 0.418. The number of carbonyl (C=O) groups excluding carboxylic acids is 1. The number of halogens is 2. The molecule has 0 aliphatic heterocycles. The number of aryl methyl sites for hydroxylation is 2. The molecular formula is C23H20BrClN2O2. The van der Waals surface area contributed by atoms with E-state index in [1.807, 2.05) is 56.3 Å². The Morgan fingerprint density at radius 1 is 1.10 bits per heavy atom. The molecule has 1 N–H and O–H groups in total. The minimum atomic E-state index is -0.262. The van der Waals surface area contributed by atoms with Gasteiger partial charge in [0.2, 0.25) is 0 Å². The first kappa shape index (κ1) is 21.1. The van der Waals surface area contributed by atoms with Gasteiger partial charge in [-0.3, -0.25) is 9.79 Å². The van der Waals surface area contributed by atoms with E-state index < -0.39 is 0 Å². The minimum absolute atomic E-state index is 0.110. The van der Waals surface area contributed by atoms with Crippen LogP contribution in [0, 0.1) is 13.8 Å². The third-order valence-corrected chi connectivity index (χ3v) is 5.27. The number of amides is 1. The second-order valence-electron chi connectivity index (χ2n) is 6.54. The third-order valence-electron chi connectivity index (χ3n) is 4.24. The van der Waals surface area contributed by atoms with Crippen LogP contribution in [0.15, 0.2) is 70.1 Å². The summed E-state index contributed by atoms with van der Waals surface area (Å²) in [5.41, 5.74) is 4.55. The number of nitrogens with zero attached hydrogens (tertiary/aromatic N) is 1. The van der Waals surface area contributed by atoms with Crippen LogP contribution >= 0.6 is 27.5 Å². The van der Waals surface area contributed by atoms with Gasteiger partial charge in [-0.25, -0.2) is 0 Å². The lowest BCUT2D eigenvalue weighted by atomic mass is 10.2. The summed E-state index contributed by atoms with van der Waals surface area (Å²) in [4.78, 5) is 16.7. The average molecular weight is 472 g/mol. The molecule has 0 saturated carbocycles. The lowest BCUT2D eigenvalue weighted by molar-refractivity contribution is -0.118. The average Bonchev–Trinajstić information content (AvgIpc) is 2.69. The van der Waals surface area contributed by atoms with E-state index >= 15 is 0 Å². The van der Waals surface area contributed by atoms with E-state index in [0.717, 1.165) is 26.9 Å². The van der Waals surface area contributed by atoms with Crippen LogP contribution in [0.1, 0.15) is 16.7 Å². The van der Waals surface area contributed by atoms with Crippen molar-refractivity contribution in [3.8, 4) is 5.75 Å². The maximum atomic E-state index is 12.1. The summed E-state index contributed by atoms with van der Waals surface area (Å²) in [6, 6.07) is 18.9. The van der Waals surface area contributed by atoms with E-state index in [4.69, 9.17) is 16.3 Å². The molecule has 3 rings (SSSR count). The first-order valence-corrected chi connectivity index (χ1v) is 10.2. The van der Waals surface area contributed by atoms with Gasteiger partial charge in [0.1, 0.15) is 5.75 Å². The van der Waals surface area contributed by atoms with Crippen molar-refractivity contribution < 1.29 is 9.53 Å². The lowest BCUT2D eigenvalue weighted by Gasteiger charge is -2.10. The molecule has 0 aliphatic carbocycles. The van der Waals surface area contributed by atoms with Crippen molar-refractivity contribution in [2.75, 3.05) is 11.9 Å². The van der Waals surface area contributed by atoms with Crippen LogP contribution in [0.4, 0.5) is 11.4 Å². The van der Waals surface area contributed by atoms with Gasteiger partial charge in [-0.05, 0) is 82.9 Å². The maximum Gasteiger partial charge on any atom is 0.262 e. The molecule has 0 heterocycles. The SMILES string of the molecule is Cc1ccc(NC(=O)COc2ccc(C=Nc3ccccc3C)cc2Br)cc1Cl. The van der Waals surface area contributed by atoms with Crippen molar-refractivity contribution in [3.05, 3.63) is 86.8 Å². The normalized spacial score (nSPS) is 10.9. The molecule has 0 fully saturated rings. The molecule has 0 spiro atoms. The van der Waals surface area contributed by atoms with E-state index in [0.29, 0.717) is 16.5 Å². The standard InChI is InChI=1S/C23H20BrClN2O2/c1-15-7-9-18(12-20(15)25)27-23(28)14-29-22-10-8-17(11-19(22)24)13-26-21-6-4-3-5-16(21)2/h3-13H,14H2,1-2H3,(H,27,28). The van der Waals surface area contributed by atoms with Gasteiger partial charge in [-0.2, -0.15) is 0 Å². The number of anilines is 1. The summed E-state index contributed by atoms with van der Waals surface area (Å²) in [5, 5.41) is 3.38. The van der Waals surface area contributed by atoms with Gasteiger partial charge < -0.3 is 10.1 Å². The first-order chi connectivity index (χ1) is 13.9. The summed E-state index contributed by atoms with van der Waals surface area (Å²) in [6.07, 6.45) is 1.80. The van der Waals surface area contributed by atoms with E-state index in [2.05, 4.69) is 26.2 Å². The molecule has 0 saturated heterocycles.